The summed E-state index contributed by atoms with van der Waals surface area (Å²) in [6.45, 7) is 14.2. The Morgan fingerprint density at radius 2 is 1.38 bits per heavy atom. The minimum absolute atomic E-state index is 0.126. The maximum absolute atomic E-state index is 11.8. The van der Waals surface area contributed by atoms with Gasteiger partial charge in [0, 0.05) is 18.9 Å². The van der Waals surface area contributed by atoms with Crippen LogP contribution in [0.4, 0.5) is 0 Å². The Kier molecular flexibility index (Phi) is 11.3. The summed E-state index contributed by atoms with van der Waals surface area (Å²) in [6.07, 6.45) is 9.72. The lowest BCUT2D eigenvalue weighted by Crippen LogP contribution is -2.67. The molecule has 0 aliphatic rings. The molecule has 0 spiro atoms. The van der Waals surface area contributed by atoms with E-state index in [0.717, 1.165) is 12.8 Å². The van der Waals surface area contributed by atoms with Gasteiger partial charge in [-0.05, 0) is 33.8 Å². The number of carbonyl (C=O) groups excluding carboxylic acids is 1. The first kappa shape index (κ1) is 30.1. The fourth-order valence-corrected chi connectivity index (χ4v) is 9.70. The third-order valence-electron chi connectivity index (χ3n) is 6.93. The van der Waals surface area contributed by atoms with Crippen LogP contribution in [0.5, 0.6) is 0 Å². The highest BCUT2D eigenvalue weighted by molar-refractivity contribution is 6.99. The molecule has 0 fully saturated rings. The first-order chi connectivity index (χ1) is 18.8. The Labute approximate surface area is 236 Å². The molecule has 0 saturated carbocycles. The molecular weight excluding hydrogens is 496 g/mol. The molecule has 0 aromatic heterocycles. The second kappa shape index (κ2) is 14.6. The van der Waals surface area contributed by atoms with Crippen LogP contribution < -0.4 is 10.4 Å². The summed E-state index contributed by atoms with van der Waals surface area (Å²) in [5.74, 6) is -0.417. The number of carbonyl (C=O) groups is 1. The number of hydrogen-bond donors (Lipinski definition) is 0. The maximum Gasteiger partial charge on any atom is 0.330 e. The predicted octanol–water partition coefficient (Wildman–Crippen LogP) is 7.18. The molecule has 0 N–H and O–H groups in total. The zero-order chi connectivity index (χ0) is 28.1. The standard InChI is InChI=1S/C35H42O3Si/c1-6-18-30(37-34(36)7-2)21-17-22-31(28-27-29-19-11-8-12-20-29)38-39(35(3,4)5,32-23-13-9-14-24-32)33-25-15-10-16-26-33/h6-17,19-20,22-26,30-31H,1-2,18,21,27-28H2,3-5H3/b22-17+/t30-,31?/m0/s1. The fraction of sp³-hybridized carbons (Fsp3) is 0.286. The maximum atomic E-state index is 11.8. The van der Waals surface area contributed by atoms with Crippen LogP contribution in [0, 0.1) is 0 Å². The van der Waals surface area contributed by atoms with Gasteiger partial charge >= 0.3 is 5.97 Å². The van der Waals surface area contributed by atoms with Gasteiger partial charge in [0.25, 0.3) is 8.32 Å². The molecule has 3 rings (SSSR count). The zero-order valence-corrected chi connectivity index (χ0v) is 24.6. The number of aryl methyl sites for hydroxylation is 1. The minimum Gasteiger partial charge on any atom is -0.459 e. The van der Waals surface area contributed by atoms with E-state index < -0.39 is 14.3 Å². The highest BCUT2D eigenvalue weighted by Crippen LogP contribution is 2.38. The smallest absolute Gasteiger partial charge is 0.330 e. The van der Waals surface area contributed by atoms with Gasteiger partial charge < -0.3 is 9.16 Å². The molecule has 3 aromatic rings. The highest BCUT2D eigenvalue weighted by atomic mass is 28.4. The zero-order valence-electron chi connectivity index (χ0n) is 23.6. The van der Waals surface area contributed by atoms with E-state index in [1.807, 2.05) is 6.07 Å². The van der Waals surface area contributed by atoms with Crippen LogP contribution >= 0.6 is 0 Å². The lowest BCUT2D eigenvalue weighted by Gasteiger charge is -2.45. The highest BCUT2D eigenvalue weighted by Gasteiger charge is 2.51. The third-order valence-corrected chi connectivity index (χ3v) is 12.0. The van der Waals surface area contributed by atoms with Crippen LogP contribution in [0.15, 0.2) is 128 Å². The molecule has 0 radical (unpaired) electrons. The molecule has 0 amide bonds. The number of benzene rings is 3. The molecule has 204 valence electrons. The van der Waals surface area contributed by atoms with Crippen molar-refractivity contribution >= 4 is 24.7 Å². The Hall–Kier alpha value is -3.47. The van der Waals surface area contributed by atoms with E-state index in [4.69, 9.17) is 9.16 Å². The second-order valence-corrected chi connectivity index (χ2v) is 15.0. The van der Waals surface area contributed by atoms with Crippen molar-refractivity contribution in [3.8, 4) is 0 Å². The van der Waals surface area contributed by atoms with Crippen molar-refractivity contribution in [1.82, 2.24) is 0 Å². The van der Waals surface area contributed by atoms with E-state index in [-0.39, 0.29) is 17.2 Å². The van der Waals surface area contributed by atoms with Gasteiger partial charge in [-0.25, -0.2) is 4.79 Å². The number of esters is 1. The largest absolute Gasteiger partial charge is 0.459 e. The van der Waals surface area contributed by atoms with Gasteiger partial charge in [0.1, 0.15) is 6.10 Å². The second-order valence-electron chi connectivity index (χ2n) is 10.8. The molecule has 3 aromatic carbocycles. The monoisotopic (exact) mass is 538 g/mol. The average Bonchev–Trinajstić information content (AvgIpc) is 2.95. The minimum atomic E-state index is -2.74. The summed E-state index contributed by atoms with van der Waals surface area (Å²) < 4.78 is 13.0. The Morgan fingerprint density at radius 1 is 0.846 bits per heavy atom. The molecule has 0 heterocycles. The van der Waals surface area contributed by atoms with Crippen molar-refractivity contribution in [1.29, 1.82) is 0 Å². The van der Waals surface area contributed by atoms with Crippen LogP contribution in [0.25, 0.3) is 0 Å². The first-order valence-corrected chi connectivity index (χ1v) is 15.6. The lowest BCUT2D eigenvalue weighted by atomic mass is 10.1. The summed E-state index contributed by atoms with van der Waals surface area (Å²) in [4.78, 5) is 11.8. The van der Waals surface area contributed by atoms with Crippen LogP contribution in [0.1, 0.15) is 45.6 Å². The van der Waals surface area contributed by atoms with Crippen molar-refractivity contribution < 1.29 is 14.0 Å². The van der Waals surface area contributed by atoms with E-state index in [1.54, 1.807) is 6.08 Å². The SMILES string of the molecule is C=CC[C@@H](C/C=C/C(CCc1ccccc1)O[Si](c1ccccc1)(c1ccccc1)C(C)(C)C)OC(=O)C=C. The fourth-order valence-electron chi connectivity index (χ4n) is 5.04. The molecular formula is C35H42O3Si. The average molecular weight is 539 g/mol. The lowest BCUT2D eigenvalue weighted by molar-refractivity contribution is -0.142. The van der Waals surface area contributed by atoms with Crippen molar-refractivity contribution in [3.63, 3.8) is 0 Å². The van der Waals surface area contributed by atoms with E-state index in [0.29, 0.717) is 12.8 Å². The van der Waals surface area contributed by atoms with Gasteiger partial charge in [0.15, 0.2) is 0 Å². The van der Waals surface area contributed by atoms with E-state index >= 15 is 0 Å². The normalized spacial score (nSPS) is 13.5. The topological polar surface area (TPSA) is 35.5 Å². The van der Waals surface area contributed by atoms with Crippen LogP contribution in [-0.2, 0) is 20.4 Å². The van der Waals surface area contributed by atoms with Crippen molar-refractivity contribution in [2.45, 2.75) is 63.7 Å². The Balaban J connectivity index is 2.01. The molecule has 0 aliphatic carbocycles. The molecule has 2 atom stereocenters. The molecule has 0 aliphatic heterocycles. The Bertz CT molecular complexity index is 1160. The van der Waals surface area contributed by atoms with Gasteiger partial charge in [-0.1, -0.05) is 137 Å². The molecule has 0 saturated heterocycles. The van der Waals surface area contributed by atoms with Crippen molar-refractivity contribution in [2.75, 3.05) is 0 Å². The molecule has 39 heavy (non-hydrogen) atoms. The van der Waals surface area contributed by atoms with Gasteiger partial charge in [0.2, 0.25) is 0 Å². The summed E-state index contributed by atoms with van der Waals surface area (Å²) in [7, 11) is -2.74. The van der Waals surface area contributed by atoms with Crippen LogP contribution in [0.3, 0.4) is 0 Å². The molecule has 1 unspecified atom stereocenters. The summed E-state index contributed by atoms with van der Waals surface area (Å²) >= 11 is 0. The quantitative estimate of drug-likeness (QED) is 0.0943. The number of ether oxygens (including phenoxy) is 1. The van der Waals surface area contributed by atoms with Gasteiger partial charge in [-0.3, -0.25) is 0 Å². The summed E-state index contributed by atoms with van der Waals surface area (Å²) in [6, 6.07) is 32.0. The van der Waals surface area contributed by atoms with Crippen LogP contribution in [-0.4, -0.2) is 26.5 Å². The van der Waals surface area contributed by atoms with E-state index in [9.17, 15) is 4.79 Å². The molecule has 0 bridgehead atoms. The van der Waals surface area contributed by atoms with Crippen LogP contribution in [0.2, 0.25) is 5.04 Å². The number of hydrogen-bond acceptors (Lipinski definition) is 3. The van der Waals surface area contributed by atoms with Crippen molar-refractivity contribution in [3.05, 3.63) is 134 Å². The first-order valence-electron chi connectivity index (χ1n) is 13.7. The van der Waals surface area contributed by atoms with Gasteiger partial charge in [-0.2, -0.15) is 0 Å². The predicted molar refractivity (Wildman–Crippen MR) is 166 cm³/mol. The van der Waals surface area contributed by atoms with E-state index in [1.165, 1.54) is 22.0 Å². The molecule has 4 heteroatoms. The van der Waals surface area contributed by atoms with Gasteiger partial charge in [0.05, 0.1) is 6.10 Å². The van der Waals surface area contributed by atoms with Crippen molar-refractivity contribution in [2.24, 2.45) is 0 Å². The Morgan fingerprint density at radius 3 is 1.87 bits per heavy atom. The van der Waals surface area contributed by atoms with E-state index in [2.05, 4.69) is 131 Å². The summed E-state index contributed by atoms with van der Waals surface area (Å²) in [5.41, 5.74) is 1.28. The summed E-state index contributed by atoms with van der Waals surface area (Å²) in [5, 5.41) is 2.39. The molecule has 3 nitrogen and oxygen atoms in total. The van der Waals surface area contributed by atoms with Gasteiger partial charge in [-0.15, -0.1) is 6.58 Å². The third kappa shape index (κ3) is 8.25. The number of rotatable bonds is 14.